The Morgan fingerprint density at radius 1 is 1.53 bits per heavy atom. The number of aryl methyl sites for hydroxylation is 1. The van der Waals surface area contributed by atoms with Crippen molar-refractivity contribution in [2.24, 2.45) is 0 Å². The summed E-state index contributed by atoms with van der Waals surface area (Å²) in [5.41, 5.74) is 2.44. The van der Waals surface area contributed by atoms with Gasteiger partial charge >= 0.3 is 4.87 Å². The van der Waals surface area contributed by atoms with Gasteiger partial charge in [-0.3, -0.25) is 4.79 Å². The van der Waals surface area contributed by atoms with Gasteiger partial charge in [-0.1, -0.05) is 21.7 Å². The van der Waals surface area contributed by atoms with Crippen LogP contribution < -0.4 is 10.2 Å². The van der Waals surface area contributed by atoms with Gasteiger partial charge in [0.1, 0.15) is 11.4 Å². The van der Waals surface area contributed by atoms with Crippen LogP contribution in [0.5, 0.6) is 0 Å². The third-order valence-corrected chi connectivity index (χ3v) is 2.64. The van der Waals surface area contributed by atoms with E-state index in [0.29, 0.717) is 13.1 Å². The summed E-state index contributed by atoms with van der Waals surface area (Å²) in [6.45, 7) is 3.01. The Hall–Kier alpha value is -1.47. The fourth-order valence-corrected chi connectivity index (χ4v) is 1.71. The van der Waals surface area contributed by atoms with Gasteiger partial charge in [0, 0.05) is 24.2 Å². The van der Waals surface area contributed by atoms with E-state index >= 15 is 0 Å². The third kappa shape index (κ3) is 2.51. The first-order valence-corrected chi connectivity index (χ1v) is 5.29. The molecule has 0 aromatic carbocycles. The van der Waals surface area contributed by atoms with Gasteiger partial charge in [0.2, 0.25) is 0 Å². The van der Waals surface area contributed by atoms with Gasteiger partial charge in [-0.15, -0.1) is 0 Å². The van der Waals surface area contributed by atoms with Gasteiger partial charge in [0.05, 0.1) is 0 Å². The Kier molecular flexibility index (Phi) is 2.93. The molecule has 7 heteroatoms. The van der Waals surface area contributed by atoms with E-state index in [4.69, 9.17) is 0 Å². The van der Waals surface area contributed by atoms with E-state index < -0.39 is 0 Å². The molecule has 2 aromatic heterocycles. The Morgan fingerprint density at radius 2 is 2.40 bits per heavy atom. The predicted molar refractivity (Wildman–Crippen MR) is 54.5 cm³/mol. The first-order valence-electron chi connectivity index (χ1n) is 4.41. The Morgan fingerprint density at radius 3 is 3.00 bits per heavy atom. The lowest BCUT2D eigenvalue weighted by Crippen LogP contribution is -2.14. The topological polar surface area (TPSA) is 83.8 Å². The van der Waals surface area contributed by atoms with Gasteiger partial charge in [0.25, 0.3) is 0 Å². The van der Waals surface area contributed by atoms with E-state index in [1.54, 1.807) is 5.38 Å². The monoisotopic (exact) mass is 226 g/mol. The highest BCUT2D eigenvalue weighted by Crippen LogP contribution is 2.00. The lowest BCUT2D eigenvalue weighted by atomic mass is 10.3. The molecule has 0 amide bonds. The maximum atomic E-state index is 10.8. The van der Waals surface area contributed by atoms with Gasteiger partial charge in [-0.25, -0.2) is 4.63 Å². The molecule has 2 heterocycles. The summed E-state index contributed by atoms with van der Waals surface area (Å²) >= 11 is 1.16. The van der Waals surface area contributed by atoms with E-state index in [-0.39, 0.29) is 4.87 Å². The van der Waals surface area contributed by atoms with Crippen LogP contribution in [-0.2, 0) is 13.1 Å². The van der Waals surface area contributed by atoms with Crippen molar-refractivity contribution in [2.45, 2.75) is 20.0 Å². The molecule has 0 atom stereocenters. The van der Waals surface area contributed by atoms with Gasteiger partial charge in [-0.2, -0.15) is 0 Å². The maximum Gasteiger partial charge on any atom is 0.304 e. The van der Waals surface area contributed by atoms with Crippen LogP contribution in [0.3, 0.4) is 0 Å². The summed E-state index contributed by atoms with van der Waals surface area (Å²) in [7, 11) is 0. The Bertz CT molecular complexity index is 487. The van der Waals surface area contributed by atoms with E-state index in [9.17, 15) is 4.79 Å². The molecule has 0 spiro atoms. The molecule has 0 aliphatic rings. The lowest BCUT2D eigenvalue weighted by Gasteiger charge is -1.98. The van der Waals surface area contributed by atoms with E-state index in [2.05, 4.69) is 25.2 Å². The molecule has 6 nitrogen and oxygen atoms in total. The average molecular weight is 226 g/mol. The molecule has 2 aromatic rings. The van der Waals surface area contributed by atoms with E-state index in [1.165, 1.54) is 0 Å². The zero-order valence-electron chi connectivity index (χ0n) is 8.11. The van der Waals surface area contributed by atoms with Crippen LogP contribution in [0.2, 0.25) is 0 Å². The zero-order chi connectivity index (χ0) is 10.7. The Labute approximate surface area is 89.3 Å². The van der Waals surface area contributed by atoms with Crippen molar-refractivity contribution in [3.63, 3.8) is 0 Å². The van der Waals surface area contributed by atoms with E-state index in [1.807, 2.05) is 6.92 Å². The van der Waals surface area contributed by atoms with Crippen molar-refractivity contribution in [2.75, 3.05) is 0 Å². The number of aromatic amines is 1. The molecule has 0 unspecified atom stereocenters. The predicted octanol–water partition coefficient (Wildman–Crippen LogP) is 0.418. The van der Waals surface area contributed by atoms with Crippen molar-refractivity contribution in [3.8, 4) is 0 Å². The first kappa shape index (κ1) is 10.1. The first-order chi connectivity index (χ1) is 7.25. The minimum atomic E-state index is -0.0360. The molecule has 0 bridgehead atoms. The van der Waals surface area contributed by atoms with Crippen molar-refractivity contribution in [3.05, 3.63) is 32.1 Å². The third-order valence-electron chi connectivity index (χ3n) is 1.93. The van der Waals surface area contributed by atoms with Crippen LogP contribution in [0.1, 0.15) is 17.1 Å². The van der Waals surface area contributed by atoms with Crippen molar-refractivity contribution in [1.29, 1.82) is 0 Å². The van der Waals surface area contributed by atoms with Crippen LogP contribution in [0, 0.1) is 6.92 Å². The summed E-state index contributed by atoms with van der Waals surface area (Å²) in [4.78, 5) is 13.5. The maximum absolute atomic E-state index is 10.8. The zero-order valence-corrected chi connectivity index (χ0v) is 8.93. The second-order valence-electron chi connectivity index (χ2n) is 3.07. The number of rotatable bonds is 4. The number of hydrogen-bond acceptors (Lipinski definition) is 6. The number of hydrogen-bond donors (Lipinski definition) is 2. The molecule has 0 fully saturated rings. The van der Waals surface area contributed by atoms with Gasteiger partial charge < -0.3 is 10.3 Å². The minimum absolute atomic E-state index is 0.0360. The molecule has 80 valence electrons. The summed E-state index contributed by atoms with van der Waals surface area (Å²) in [6.07, 6.45) is 0. The molecule has 15 heavy (non-hydrogen) atoms. The lowest BCUT2D eigenvalue weighted by molar-refractivity contribution is 0.300. The standard InChI is InChI=1S/C8H10N4O2S/c1-5-7(12-14-11-5)3-9-2-6-4-15-8(13)10-6/h4,9H,2-3H2,1H3,(H,10,13). The summed E-state index contributed by atoms with van der Waals surface area (Å²) in [5, 5.41) is 12.3. The average Bonchev–Trinajstić information content (AvgIpc) is 2.77. The second-order valence-corrected chi connectivity index (χ2v) is 3.92. The molecular weight excluding hydrogens is 216 g/mol. The van der Waals surface area contributed by atoms with Crippen molar-refractivity contribution in [1.82, 2.24) is 20.6 Å². The number of thiazole rings is 1. The molecular formula is C8H10N4O2S. The smallest absolute Gasteiger partial charge is 0.304 e. The molecule has 2 N–H and O–H groups in total. The van der Waals surface area contributed by atoms with Crippen LogP contribution in [0.15, 0.2) is 14.8 Å². The minimum Gasteiger partial charge on any atom is -0.315 e. The molecule has 0 saturated carbocycles. The summed E-state index contributed by atoms with van der Waals surface area (Å²) in [5.74, 6) is 0. The van der Waals surface area contributed by atoms with E-state index in [0.717, 1.165) is 28.4 Å². The normalized spacial score (nSPS) is 10.7. The van der Waals surface area contributed by atoms with Crippen molar-refractivity contribution < 1.29 is 4.63 Å². The van der Waals surface area contributed by atoms with Crippen LogP contribution in [0.4, 0.5) is 0 Å². The van der Waals surface area contributed by atoms with Gasteiger partial charge in [-0.05, 0) is 6.92 Å². The fourth-order valence-electron chi connectivity index (χ4n) is 1.13. The molecule has 0 aliphatic heterocycles. The van der Waals surface area contributed by atoms with Crippen LogP contribution in [-0.4, -0.2) is 15.3 Å². The number of nitrogens with one attached hydrogen (secondary N) is 2. The number of aromatic nitrogens is 3. The summed E-state index contributed by atoms with van der Waals surface area (Å²) < 4.78 is 4.56. The Balaban J connectivity index is 1.85. The highest BCUT2D eigenvalue weighted by molar-refractivity contribution is 7.07. The molecule has 2 rings (SSSR count). The van der Waals surface area contributed by atoms with Crippen LogP contribution >= 0.6 is 11.3 Å². The SMILES string of the molecule is Cc1nonc1CNCc1csc(=O)[nH]1. The summed E-state index contributed by atoms with van der Waals surface area (Å²) in [6, 6.07) is 0. The quantitative estimate of drug-likeness (QED) is 0.789. The fraction of sp³-hybridized carbons (Fsp3) is 0.375. The van der Waals surface area contributed by atoms with Crippen LogP contribution in [0.25, 0.3) is 0 Å². The number of H-pyrrole nitrogens is 1. The number of nitrogens with zero attached hydrogens (tertiary/aromatic N) is 2. The molecule has 0 saturated heterocycles. The van der Waals surface area contributed by atoms with Gasteiger partial charge in [0.15, 0.2) is 0 Å². The largest absolute Gasteiger partial charge is 0.315 e. The molecule has 0 aliphatic carbocycles. The highest BCUT2D eigenvalue weighted by atomic mass is 32.1. The highest BCUT2D eigenvalue weighted by Gasteiger charge is 2.04. The molecule has 0 radical (unpaired) electrons. The second kappa shape index (κ2) is 4.37. The van der Waals surface area contributed by atoms with Crippen molar-refractivity contribution >= 4 is 11.3 Å².